The zero-order valence-electron chi connectivity index (χ0n) is 12.2. The van der Waals surface area contributed by atoms with Crippen molar-refractivity contribution in [3.05, 3.63) is 29.8 Å². The quantitative estimate of drug-likeness (QED) is 0.722. The van der Waals surface area contributed by atoms with Crippen molar-refractivity contribution in [1.82, 2.24) is 5.32 Å². The van der Waals surface area contributed by atoms with Crippen LogP contribution in [0.25, 0.3) is 0 Å². The zero-order chi connectivity index (χ0) is 15.2. The molecule has 0 aliphatic carbocycles. The first kappa shape index (κ1) is 16.9. The molecule has 1 rings (SSSR count). The third-order valence-electron chi connectivity index (χ3n) is 3.02. The second-order valence-electron chi connectivity index (χ2n) is 5.52. The lowest BCUT2D eigenvalue weighted by Crippen LogP contribution is -2.49. The first-order valence-electron chi connectivity index (χ1n) is 6.83. The number of halogens is 2. The van der Waals surface area contributed by atoms with Gasteiger partial charge in [0.2, 0.25) is 0 Å². The maximum Gasteiger partial charge on any atom is 0.190 e. The minimum atomic E-state index is -0.699. The molecule has 0 spiro atoms. The normalized spacial score (nSPS) is 14.3. The molecule has 0 fully saturated rings. The Morgan fingerprint density at radius 3 is 2.40 bits per heavy atom. The number of nitrogens with one attached hydrogen (secondary N) is 1. The maximum atomic E-state index is 13.3. The van der Waals surface area contributed by atoms with Crippen LogP contribution in [-0.4, -0.2) is 29.9 Å². The molecule has 114 valence electrons. The van der Waals surface area contributed by atoms with Gasteiger partial charge in [0.05, 0.1) is 13.2 Å². The van der Waals surface area contributed by atoms with Crippen molar-refractivity contribution in [2.24, 2.45) is 0 Å². The van der Waals surface area contributed by atoms with Gasteiger partial charge in [-0.15, -0.1) is 0 Å². The predicted molar refractivity (Wildman–Crippen MR) is 74.8 cm³/mol. The van der Waals surface area contributed by atoms with Gasteiger partial charge in [0.1, 0.15) is 0 Å². The highest BCUT2D eigenvalue weighted by Crippen LogP contribution is 2.21. The van der Waals surface area contributed by atoms with Crippen molar-refractivity contribution in [1.29, 1.82) is 0 Å². The first-order valence-corrected chi connectivity index (χ1v) is 6.83. The predicted octanol–water partition coefficient (Wildman–Crippen LogP) is 2.87. The van der Waals surface area contributed by atoms with Crippen molar-refractivity contribution in [2.75, 3.05) is 13.2 Å². The topological polar surface area (TPSA) is 41.5 Å². The largest absolute Gasteiger partial charge is 0.488 e. The van der Waals surface area contributed by atoms with E-state index in [1.54, 1.807) is 0 Å². The standard InChI is InChI=1S/C15H23F2NO2/c1-11(2)18-15(3,10-19)8-5-9-20-14-12(16)6-4-7-13(14)17/h4,6-7,11,18-19H,5,8-10H2,1-3H3. The van der Waals surface area contributed by atoms with E-state index < -0.39 is 17.2 Å². The summed E-state index contributed by atoms with van der Waals surface area (Å²) < 4.78 is 31.8. The lowest BCUT2D eigenvalue weighted by atomic mass is 9.96. The highest BCUT2D eigenvalue weighted by Gasteiger charge is 2.23. The zero-order valence-corrected chi connectivity index (χ0v) is 12.2. The molecule has 0 heterocycles. The summed E-state index contributed by atoms with van der Waals surface area (Å²) in [5.41, 5.74) is -0.411. The molecule has 1 aromatic rings. The van der Waals surface area contributed by atoms with Crippen LogP contribution in [-0.2, 0) is 0 Å². The molecule has 5 heteroatoms. The molecule has 0 bridgehead atoms. The average molecular weight is 287 g/mol. The lowest BCUT2D eigenvalue weighted by Gasteiger charge is -2.31. The van der Waals surface area contributed by atoms with Crippen LogP contribution in [0.3, 0.4) is 0 Å². The van der Waals surface area contributed by atoms with Gasteiger partial charge >= 0.3 is 0 Å². The molecule has 1 unspecified atom stereocenters. The van der Waals surface area contributed by atoms with Gasteiger partial charge in [0.25, 0.3) is 0 Å². The van der Waals surface area contributed by atoms with Crippen molar-refractivity contribution in [3.63, 3.8) is 0 Å². The second kappa shape index (κ2) is 7.55. The summed E-state index contributed by atoms with van der Waals surface area (Å²) >= 11 is 0. The smallest absolute Gasteiger partial charge is 0.190 e. The van der Waals surface area contributed by atoms with Gasteiger partial charge in [-0.3, -0.25) is 0 Å². The van der Waals surface area contributed by atoms with Crippen LogP contribution in [0.4, 0.5) is 8.78 Å². The molecule has 3 nitrogen and oxygen atoms in total. The number of aliphatic hydroxyl groups is 1. The van der Waals surface area contributed by atoms with E-state index in [1.165, 1.54) is 6.07 Å². The Morgan fingerprint density at radius 2 is 1.90 bits per heavy atom. The second-order valence-corrected chi connectivity index (χ2v) is 5.52. The van der Waals surface area contributed by atoms with E-state index in [1.807, 2.05) is 20.8 Å². The fourth-order valence-electron chi connectivity index (χ4n) is 2.15. The summed E-state index contributed by atoms with van der Waals surface area (Å²) in [7, 11) is 0. The molecule has 0 aromatic heterocycles. The Balaban J connectivity index is 2.45. The van der Waals surface area contributed by atoms with E-state index in [0.717, 1.165) is 12.1 Å². The van der Waals surface area contributed by atoms with Crippen molar-refractivity contribution < 1.29 is 18.6 Å². The van der Waals surface area contributed by atoms with E-state index in [4.69, 9.17) is 4.74 Å². The van der Waals surface area contributed by atoms with E-state index in [0.29, 0.717) is 12.8 Å². The number of ether oxygens (including phenoxy) is 1. The Kier molecular flexibility index (Phi) is 6.36. The summed E-state index contributed by atoms with van der Waals surface area (Å²) in [4.78, 5) is 0. The Labute approximate surface area is 119 Å². The van der Waals surface area contributed by atoms with Gasteiger partial charge in [-0.05, 0) is 31.9 Å². The lowest BCUT2D eigenvalue weighted by molar-refractivity contribution is 0.146. The number of hydrogen-bond donors (Lipinski definition) is 2. The van der Waals surface area contributed by atoms with Crippen molar-refractivity contribution in [3.8, 4) is 5.75 Å². The van der Waals surface area contributed by atoms with Gasteiger partial charge in [-0.2, -0.15) is 0 Å². The van der Waals surface area contributed by atoms with Crippen LogP contribution in [0.5, 0.6) is 5.75 Å². The van der Waals surface area contributed by atoms with E-state index in [-0.39, 0.29) is 25.0 Å². The molecule has 0 saturated heterocycles. The minimum absolute atomic E-state index is 0.000755. The third-order valence-corrected chi connectivity index (χ3v) is 3.02. The van der Waals surface area contributed by atoms with E-state index >= 15 is 0 Å². The van der Waals surface area contributed by atoms with Gasteiger partial charge in [0.15, 0.2) is 17.4 Å². The molecule has 0 aliphatic heterocycles. The summed E-state index contributed by atoms with van der Waals surface area (Å²) in [5.74, 6) is -1.74. The fourth-order valence-corrected chi connectivity index (χ4v) is 2.15. The molecule has 0 aliphatic rings. The maximum absolute atomic E-state index is 13.3. The summed E-state index contributed by atoms with van der Waals surface area (Å²) in [6.45, 7) is 6.11. The molecule has 2 N–H and O–H groups in total. The van der Waals surface area contributed by atoms with E-state index in [2.05, 4.69) is 5.32 Å². The highest BCUT2D eigenvalue weighted by molar-refractivity contribution is 5.25. The number of rotatable bonds is 8. The molecule has 1 atom stereocenters. The molecule has 0 amide bonds. The number of para-hydroxylation sites is 1. The molecular formula is C15H23F2NO2. The van der Waals surface area contributed by atoms with Crippen LogP contribution in [0.15, 0.2) is 18.2 Å². The van der Waals surface area contributed by atoms with Crippen LogP contribution in [0.2, 0.25) is 0 Å². The van der Waals surface area contributed by atoms with Crippen LogP contribution in [0, 0.1) is 11.6 Å². The minimum Gasteiger partial charge on any atom is -0.488 e. The summed E-state index contributed by atoms with van der Waals surface area (Å²) in [6, 6.07) is 3.87. The Hall–Kier alpha value is -1.20. The van der Waals surface area contributed by atoms with Crippen LogP contribution >= 0.6 is 0 Å². The molecule has 0 saturated carbocycles. The van der Waals surface area contributed by atoms with Gasteiger partial charge in [-0.25, -0.2) is 8.78 Å². The summed E-state index contributed by atoms with van der Waals surface area (Å²) in [6.07, 6.45) is 1.24. The molecule has 0 radical (unpaired) electrons. The molecular weight excluding hydrogens is 264 g/mol. The van der Waals surface area contributed by atoms with Gasteiger partial charge < -0.3 is 15.2 Å². The SMILES string of the molecule is CC(C)NC(C)(CO)CCCOc1c(F)cccc1F. The van der Waals surface area contributed by atoms with Crippen LogP contribution in [0.1, 0.15) is 33.6 Å². The first-order chi connectivity index (χ1) is 9.38. The van der Waals surface area contributed by atoms with Gasteiger partial charge in [0, 0.05) is 11.6 Å². The number of hydrogen-bond acceptors (Lipinski definition) is 3. The fraction of sp³-hybridized carbons (Fsp3) is 0.600. The van der Waals surface area contributed by atoms with E-state index in [9.17, 15) is 13.9 Å². The monoisotopic (exact) mass is 287 g/mol. The number of benzene rings is 1. The Bertz CT molecular complexity index is 406. The average Bonchev–Trinajstić information content (AvgIpc) is 2.36. The number of aliphatic hydroxyl groups excluding tert-OH is 1. The van der Waals surface area contributed by atoms with Crippen molar-refractivity contribution >= 4 is 0 Å². The van der Waals surface area contributed by atoms with Crippen LogP contribution < -0.4 is 10.1 Å². The van der Waals surface area contributed by atoms with Gasteiger partial charge in [-0.1, -0.05) is 19.9 Å². The Morgan fingerprint density at radius 1 is 1.30 bits per heavy atom. The van der Waals surface area contributed by atoms with Crippen molar-refractivity contribution in [2.45, 2.75) is 45.2 Å². The highest BCUT2D eigenvalue weighted by atomic mass is 19.1. The summed E-state index contributed by atoms with van der Waals surface area (Å²) in [5, 5.41) is 12.7. The third kappa shape index (κ3) is 5.06. The molecule has 1 aromatic carbocycles. The molecule has 20 heavy (non-hydrogen) atoms.